The fourth-order valence-electron chi connectivity index (χ4n) is 1.71. The molecule has 0 aliphatic carbocycles. The lowest BCUT2D eigenvalue weighted by molar-refractivity contribution is -0.144. The summed E-state index contributed by atoms with van der Waals surface area (Å²) in [4.78, 5) is 20.6. The normalized spacial score (nSPS) is 16.9. The molecule has 20 heavy (non-hydrogen) atoms. The number of morpholine rings is 1. The molecule has 2 heterocycles. The van der Waals surface area contributed by atoms with Gasteiger partial charge in [-0.15, -0.1) is 0 Å². The highest BCUT2D eigenvalue weighted by Gasteiger charge is 2.25. The van der Waals surface area contributed by atoms with Crippen molar-refractivity contribution in [1.29, 1.82) is 0 Å². The molecule has 0 unspecified atom stereocenters. The van der Waals surface area contributed by atoms with Crippen molar-refractivity contribution in [3.05, 3.63) is 10.4 Å². The number of carboxylic acids is 1. The zero-order valence-electron chi connectivity index (χ0n) is 10.7. The molecule has 1 aromatic heterocycles. The molecule has 0 bridgehead atoms. The second-order valence-corrected chi connectivity index (χ2v) is 4.83. The number of nitrogens with zero attached hydrogens (tertiary/aromatic N) is 3. The lowest BCUT2D eigenvalue weighted by Crippen LogP contribution is -2.37. The van der Waals surface area contributed by atoms with E-state index in [0.29, 0.717) is 32.1 Å². The summed E-state index contributed by atoms with van der Waals surface area (Å²) in [6.45, 7) is 3.64. The van der Waals surface area contributed by atoms with Crippen molar-refractivity contribution >= 4 is 35.0 Å². The summed E-state index contributed by atoms with van der Waals surface area (Å²) in [6, 6.07) is 0. The minimum absolute atomic E-state index is 0.0143. The van der Waals surface area contributed by atoms with Crippen molar-refractivity contribution < 1.29 is 19.4 Å². The lowest BCUT2D eigenvalue weighted by Gasteiger charge is -2.29. The van der Waals surface area contributed by atoms with Gasteiger partial charge in [-0.3, -0.25) is 0 Å². The second-order valence-electron chi connectivity index (χ2n) is 4.13. The Morgan fingerprint density at radius 1 is 1.40 bits per heavy atom. The van der Waals surface area contributed by atoms with Crippen molar-refractivity contribution in [2.75, 3.05) is 31.2 Å². The third-order valence-corrected chi connectivity index (χ3v) is 3.16. The predicted molar refractivity (Wildman–Crippen MR) is 72.8 cm³/mol. The van der Waals surface area contributed by atoms with Gasteiger partial charge in [0.15, 0.2) is 22.8 Å². The Labute approximate surface area is 125 Å². The first kappa shape index (κ1) is 15.1. The van der Waals surface area contributed by atoms with E-state index in [1.807, 2.05) is 4.90 Å². The molecule has 1 N–H and O–H groups in total. The quantitative estimate of drug-likeness (QED) is 0.664. The first-order chi connectivity index (χ1) is 9.49. The van der Waals surface area contributed by atoms with Gasteiger partial charge in [0.25, 0.3) is 0 Å². The van der Waals surface area contributed by atoms with Gasteiger partial charge in [-0.2, -0.15) is 4.98 Å². The Morgan fingerprint density at radius 2 is 2.05 bits per heavy atom. The Morgan fingerprint density at radius 3 is 2.65 bits per heavy atom. The number of aliphatic carboxylic acids is 1. The smallest absolute Gasteiger partial charge is 0.344 e. The van der Waals surface area contributed by atoms with Crippen molar-refractivity contribution in [2.24, 2.45) is 0 Å². The van der Waals surface area contributed by atoms with Crippen LogP contribution in [-0.2, 0) is 9.53 Å². The van der Waals surface area contributed by atoms with Gasteiger partial charge < -0.3 is 19.5 Å². The number of aromatic nitrogens is 2. The largest absolute Gasteiger partial charge is 0.479 e. The number of rotatable bonds is 4. The molecular formula is C11H13Cl2N3O4. The third-order valence-electron chi connectivity index (χ3n) is 2.73. The molecule has 0 amide bonds. The van der Waals surface area contributed by atoms with E-state index in [4.69, 9.17) is 37.8 Å². The maximum atomic E-state index is 10.9. The van der Waals surface area contributed by atoms with Crippen LogP contribution in [0.5, 0.6) is 5.75 Å². The first-order valence-corrected chi connectivity index (χ1v) is 6.70. The standard InChI is InChI=1S/C11H13Cl2N3O4/c1-6(10(17)18)20-7-8(12)14-11(13)15-9(7)16-2-4-19-5-3-16/h6H,2-5H2,1H3,(H,17,18)/t6-/m1/s1. The maximum Gasteiger partial charge on any atom is 0.344 e. The average Bonchev–Trinajstić information content (AvgIpc) is 2.42. The molecule has 1 aliphatic heterocycles. The molecule has 0 spiro atoms. The number of hydrogen-bond acceptors (Lipinski definition) is 6. The Kier molecular flexibility index (Phi) is 4.85. The van der Waals surface area contributed by atoms with E-state index in [2.05, 4.69) is 9.97 Å². The molecule has 110 valence electrons. The van der Waals surface area contributed by atoms with E-state index >= 15 is 0 Å². The second kappa shape index (κ2) is 6.43. The molecule has 1 aromatic rings. The topological polar surface area (TPSA) is 84.8 Å². The van der Waals surface area contributed by atoms with Gasteiger partial charge in [0.1, 0.15) is 0 Å². The van der Waals surface area contributed by atoms with E-state index in [-0.39, 0.29) is 16.2 Å². The fraction of sp³-hybridized carbons (Fsp3) is 0.545. The van der Waals surface area contributed by atoms with Crippen molar-refractivity contribution in [3.63, 3.8) is 0 Å². The molecule has 2 rings (SSSR count). The molecule has 0 aromatic carbocycles. The highest BCUT2D eigenvalue weighted by Crippen LogP contribution is 2.35. The molecule has 1 aliphatic rings. The molecule has 9 heteroatoms. The van der Waals surface area contributed by atoms with Gasteiger partial charge in [-0.1, -0.05) is 11.6 Å². The monoisotopic (exact) mass is 321 g/mol. The van der Waals surface area contributed by atoms with Crippen LogP contribution in [0.4, 0.5) is 5.82 Å². The predicted octanol–water partition coefficient (Wildman–Crippen LogP) is 1.47. The van der Waals surface area contributed by atoms with Crippen LogP contribution < -0.4 is 9.64 Å². The van der Waals surface area contributed by atoms with Crippen LogP contribution in [0.15, 0.2) is 0 Å². The van der Waals surface area contributed by atoms with Gasteiger partial charge >= 0.3 is 5.97 Å². The Bertz CT molecular complexity index is 509. The van der Waals surface area contributed by atoms with Crippen LogP contribution in [0, 0.1) is 0 Å². The Hall–Kier alpha value is -1.31. The number of carboxylic acid groups (broad SMARTS) is 1. The summed E-state index contributed by atoms with van der Waals surface area (Å²) in [5, 5.41) is 8.89. The van der Waals surface area contributed by atoms with Crippen LogP contribution in [-0.4, -0.2) is 53.5 Å². The van der Waals surface area contributed by atoms with Crippen molar-refractivity contribution in [3.8, 4) is 5.75 Å². The van der Waals surface area contributed by atoms with Gasteiger partial charge in [0.05, 0.1) is 13.2 Å². The summed E-state index contributed by atoms with van der Waals surface area (Å²) in [7, 11) is 0. The van der Waals surface area contributed by atoms with E-state index < -0.39 is 12.1 Å². The van der Waals surface area contributed by atoms with Crippen LogP contribution in [0.25, 0.3) is 0 Å². The zero-order chi connectivity index (χ0) is 14.7. The molecule has 1 fully saturated rings. The molecule has 1 saturated heterocycles. The third kappa shape index (κ3) is 3.41. The van der Waals surface area contributed by atoms with Crippen LogP contribution >= 0.6 is 23.2 Å². The summed E-state index contributed by atoms with van der Waals surface area (Å²) < 4.78 is 10.6. The van der Waals surface area contributed by atoms with Gasteiger partial charge in [0.2, 0.25) is 5.28 Å². The van der Waals surface area contributed by atoms with Crippen molar-refractivity contribution in [1.82, 2.24) is 9.97 Å². The number of anilines is 1. The molecule has 0 saturated carbocycles. The number of halogens is 2. The van der Waals surface area contributed by atoms with Crippen LogP contribution in [0.3, 0.4) is 0 Å². The molecule has 7 nitrogen and oxygen atoms in total. The highest BCUT2D eigenvalue weighted by molar-refractivity contribution is 6.33. The Balaban J connectivity index is 2.34. The van der Waals surface area contributed by atoms with Crippen molar-refractivity contribution in [2.45, 2.75) is 13.0 Å². The van der Waals surface area contributed by atoms with E-state index in [1.54, 1.807) is 0 Å². The number of carbonyl (C=O) groups is 1. The van der Waals surface area contributed by atoms with Gasteiger partial charge in [0, 0.05) is 13.1 Å². The average molecular weight is 322 g/mol. The SMILES string of the molecule is C[C@@H](Oc1c(Cl)nc(Cl)nc1N1CCOCC1)C(=O)O. The number of ether oxygens (including phenoxy) is 2. The van der Waals surface area contributed by atoms with Gasteiger partial charge in [-0.25, -0.2) is 9.78 Å². The van der Waals surface area contributed by atoms with Crippen LogP contribution in [0.1, 0.15) is 6.92 Å². The lowest BCUT2D eigenvalue weighted by atomic mass is 10.3. The summed E-state index contributed by atoms with van der Waals surface area (Å²) in [5.41, 5.74) is 0. The molecule has 1 atom stereocenters. The summed E-state index contributed by atoms with van der Waals surface area (Å²) in [5.74, 6) is -0.608. The van der Waals surface area contributed by atoms with E-state index in [9.17, 15) is 4.79 Å². The van der Waals surface area contributed by atoms with E-state index in [0.717, 1.165) is 0 Å². The first-order valence-electron chi connectivity index (χ1n) is 5.94. The summed E-state index contributed by atoms with van der Waals surface area (Å²) >= 11 is 11.8. The van der Waals surface area contributed by atoms with E-state index in [1.165, 1.54) is 6.92 Å². The zero-order valence-corrected chi connectivity index (χ0v) is 12.2. The maximum absolute atomic E-state index is 10.9. The number of hydrogen-bond donors (Lipinski definition) is 1. The minimum atomic E-state index is -1.11. The molecule has 0 radical (unpaired) electrons. The van der Waals surface area contributed by atoms with Crippen LogP contribution in [0.2, 0.25) is 10.4 Å². The summed E-state index contributed by atoms with van der Waals surface area (Å²) in [6.07, 6.45) is -1.07. The fourth-order valence-corrected chi connectivity index (χ4v) is 2.12. The van der Waals surface area contributed by atoms with Gasteiger partial charge in [-0.05, 0) is 18.5 Å². The minimum Gasteiger partial charge on any atom is -0.479 e. The highest BCUT2D eigenvalue weighted by atomic mass is 35.5. The molecular weight excluding hydrogens is 309 g/mol.